The zero-order chi connectivity index (χ0) is 15.8. The Kier molecular flexibility index (Phi) is 5.97. The van der Waals surface area contributed by atoms with Gasteiger partial charge in [0.15, 0.2) is 0 Å². The van der Waals surface area contributed by atoms with Crippen LogP contribution in [0, 0.1) is 5.92 Å². The number of nitrogens with zero attached hydrogens (tertiary/aromatic N) is 1. The summed E-state index contributed by atoms with van der Waals surface area (Å²) in [5.74, 6) is 1.34. The average Bonchev–Trinajstić information content (AvgIpc) is 3.05. The number of anilines is 1. The van der Waals surface area contributed by atoms with Crippen molar-refractivity contribution >= 4 is 11.7 Å². The van der Waals surface area contributed by atoms with E-state index in [-0.39, 0.29) is 18.4 Å². The molecular weight excluding hydrogens is 282 g/mol. The van der Waals surface area contributed by atoms with E-state index in [1.807, 2.05) is 19.1 Å². The van der Waals surface area contributed by atoms with Crippen LogP contribution in [0.5, 0.6) is 0 Å². The van der Waals surface area contributed by atoms with Crippen molar-refractivity contribution in [3.05, 3.63) is 48.0 Å². The van der Waals surface area contributed by atoms with Crippen molar-refractivity contribution in [2.75, 3.05) is 25.0 Å². The third kappa shape index (κ3) is 4.60. The van der Waals surface area contributed by atoms with E-state index >= 15 is 0 Å². The smallest absolute Gasteiger partial charge is 0.251 e. The van der Waals surface area contributed by atoms with Gasteiger partial charge in [-0.1, -0.05) is 0 Å². The van der Waals surface area contributed by atoms with Gasteiger partial charge in [-0.25, -0.2) is 4.98 Å². The Morgan fingerprint density at radius 1 is 1.45 bits per heavy atom. The van der Waals surface area contributed by atoms with E-state index in [1.54, 1.807) is 24.6 Å². The molecular formula is C16H21N3O3. The molecule has 0 radical (unpaired) electrons. The zero-order valence-electron chi connectivity index (χ0n) is 12.6. The van der Waals surface area contributed by atoms with E-state index in [0.717, 1.165) is 5.76 Å². The molecule has 0 fully saturated rings. The van der Waals surface area contributed by atoms with Gasteiger partial charge in [-0.05, 0) is 31.2 Å². The Labute approximate surface area is 129 Å². The molecule has 0 aliphatic rings. The molecule has 118 valence electrons. The van der Waals surface area contributed by atoms with Crippen LogP contribution >= 0.6 is 0 Å². The van der Waals surface area contributed by atoms with Gasteiger partial charge in [-0.15, -0.1) is 0 Å². The van der Waals surface area contributed by atoms with Crippen LogP contribution in [0.3, 0.4) is 0 Å². The number of aromatic nitrogens is 1. The lowest BCUT2D eigenvalue weighted by molar-refractivity contribution is 0.0955. The van der Waals surface area contributed by atoms with Crippen molar-refractivity contribution in [3.8, 4) is 0 Å². The minimum absolute atomic E-state index is 0.0149. The minimum atomic E-state index is -0.123. The average molecular weight is 303 g/mol. The Bertz CT molecular complexity index is 584. The number of aliphatic hydroxyl groups is 1. The van der Waals surface area contributed by atoms with E-state index in [4.69, 9.17) is 4.42 Å². The maximum Gasteiger partial charge on any atom is 0.251 e. The van der Waals surface area contributed by atoms with Gasteiger partial charge >= 0.3 is 0 Å². The fourth-order valence-corrected chi connectivity index (χ4v) is 2.09. The van der Waals surface area contributed by atoms with Crippen LogP contribution in [0.25, 0.3) is 0 Å². The van der Waals surface area contributed by atoms with E-state index in [2.05, 4.69) is 15.6 Å². The quantitative estimate of drug-likeness (QED) is 0.691. The number of nitrogens with one attached hydrogen (secondary N) is 2. The maximum atomic E-state index is 11.8. The van der Waals surface area contributed by atoms with Crippen LogP contribution in [-0.4, -0.2) is 35.7 Å². The number of furan rings is 1. The van der Waals surface area contributed by atoms with Crippen LogP contribution in [0.15, 0.2) is 41.1 Å². The number of aliphatic hydroxyl groups excluding tert-OH is 1. The molecule has 22 heavy (non-hydrogen) atoms. The fraction of sp³-hybridized carbons (Fsp3) is 0.375. The molecule has 0 bridgehead atoms. The first-order valence-corrected chi connectivity index (χ1v) is 7.34. The first-order valence-electron chi connectivity index (χ1n) is 7.34. The molecule has 2 rings (SSSR count). The summed E-state index contributed by atoms with van der Waals surface area (Å²) < 4.78 is 5.29. The van der Waals surface area contributed by atoms with Crippen molar-refractivity contribution < 1.29 is 14.3 Å². The molecule has 2 aromatic heterocycles. The van der Waals surface area contributed by atoms with Gasteiger partial charge in [0.05, 0.1) is 6.26 Å². The highest BCUT2D eigenvalue weighted by Gasteiger charge is 2.11. The standard InChI is InChI=1S/C16H21N3O3/c1-2-17-16(21)13-5-6-18-15(9-13)19-10-12(11-20)8-14-4-3-7-22-14/h3-7,9,12,20H,2,8,10-11H2,1H3,(H,17,21)(H,18,19). The number of pyridine rings is 1. The van der Waals surface area contributed by atoms with Gasteiger partial charge in [-0.3, -0.25) is 4.79 Å². The molecule has 3 N–H and O–H groups in total. The van der Waals surface area contributed by atoms with Gasteiger partial charge in [-0.2, -0.15) is 0 Å². The van der Waals surface area contributed by atoms with E-state index in [0.29, 0.717) is 30.9 Å². The predicted octanol–water partition coefficient (Wildman–Crippen LogP) is 1.69. The second-order valence-corrected chi connectivity index (χ2v) is 5.00. The molecule has 1 unspecified atom stereocenters. The Balaban J connectivity index is 1.92. The lowest BCUT2D eigenvalue weighted by atomic mass is 10.1. The number of hydrogen-bond acceptors (Lipinski definition) is 5. The van der Waals surface area contributed by atoms with Crippen molar-refractivity contribution in [1.82, 2.24) is 10.3 Å². The van der Waals surface area contributed by atoms with Gasteiger partial charge in [0.1, 0.15) is 11.6 Å². The molecule has 0 spiro atoms. The monoisotopic (exact) mass is 303 g/mol. The van der Waals surface area contributed by atoms with Crippen molar-refractivity contribution in [3.63, 3.8) is 0 Å². The van der Waals surface area contributed by atoms with Gasteiger partial charge < -0.3 is 20.2 Å². The fourth-order valence-electron chi connectivity index (χ4n) is 2.09. The minimum Gasteiger partial charge on any atom is -0.469 e. The van der Waals surface area contributed by atoms with Gasteiger partial charge in [0.2, 0.25) is 0 Å². The van der Waals surface area contributed by atoms with Crippen molar-refractivity contribution in [1.29, 1.82) is 0 Å². The highest BCUT2D eigenvalue weighted by Crippen LogP contribution is 2.12. The zero-order valence-corrected chi connectivity index (χ0v) is 12.6. The summed E-state index contributed by atoms with van der Waals surface area (Å²) in [6, 6.07) is 7.08. The molecule has 1 amide bonds. The summed E-state index contributed by atoms with van der Waals surface area (Å²) in [6.45, 7) is 3.05. The topological polar surface area (TPSA) is 87.4 Å². The lowest BCUT2D eigenvalue weighted by Gasteiger charge is -2.14. The number of hydrogen-bond donors (Lipinski definition) is 3. The highest BCUT2D eigenvalue weighted by atomic mass is 16.3. The largest absolute Gasteiger partial charge is 0.469 e. The van der Waals surface area contributed by atoms with E-state index in [9.17, 15) is 9.90 Å². The Hall–Kier alpha value is -2.34. The van der Waals surface area contributed by atoms with Gasteiger partial charge in [0.25, 0.3) is 5.91 Å². The number of carbonyl (C=O) groups excluding carboxylic acids is 1. The van der Waals surface area contributed by atoms with Crippen LogP contribution in [0.4, 0.5) is 5.82 Å². The molecule has 0 aliphatic carbocycles. The molecule has 2 aromatic rings. The molecule has 0 saturated heterocycles. The number of amides is 1. The van der Waals surface area contributed by atoms with E-state index < -0.39 is 0 Å². The van der Waals surface area contributed by atoms with Crippen LogP contribution in [0.2, 0.25) is 0 Å². The molecule has 0 aliphatic heterocycles. The van der Waals surface area contributed by atoms with Crippen molar-refractivity contribution in [2.45, 2.75) is 13.3 Å². The molecule has 2 heterocycles. The number of carbonyl (C=O) groups is 1. The summed E-state index contributed by atoms with van der Waals surface area (Å²) >= 11 is 0. The summed E-state index contributed by atoms with van der Waals surface area (Å²) in [4.78, 5) is 16.0. The second-order valence-electron chi connectivity index (χ2n) is 5.00. The second kappa shape index (κ2) is 8.19. The van der Waals surface area contributed by atoms with Crippen LogP contribution in [-0.2, 0) is 6.42 Å². The summed E-state index contributed by atoms with van der Waals surface area (Å²) in [7, 11) is 0. The third-order valence-electron chi connectivity index (χ3n) is 3.26. The van der Waals surface area contributed by atoms with Crippen LogP contribution < -0.4 is 10.6 Å². The molecule has 0 saturated carbocycles. The lowest BCUT2D eigenvalue weighted by Crippen LogP contribution is -2.23. The third-order valence-corrected chi connectivity index (χ3v) is 3.26. The maximum absolute atomic E-state index is 11.8. The Morgan fingerprint density at radius 2 is 2.32 bits per heavy atom. The van der Waals surface area contributed by atoms with E-state index in [1.165, 1.54) is 0 Å². The van der Waals surface area contributed by atoms with Crippen molar-refractivity contribution in [2.24, 2.45) is 5.92 Å². The van der Waals surface area contributed by atoms with Gasteiger partial charge in [0, 0.05) is 43.8 Å². The normalized spacial score (nSPS) is 11.9. The highest BCUT2D eigenvalue weighted by molar-refractivity contribution is 5.94. The molecule has 6 nitrogen and oxygen atoms in total. The summed E-state index contributed by atoms with van der Waals surface area (Å²) in [5, 5.41) is 15.4. The summed E-state index contributed by atoms with van der Waals surface area (Å²) in [6.07, 6.45) is 3.86. The predicted molar refractivity (Wildman–Crippen MR) is 83.7 cm³/mol. The first kappa shape index (κ1) is 16.0. The molecule has 0 aromatic carbocycles. The van der Waals surface area contributed by atoms with Crippen LogP contribution in [0.1, 0.15) is 23.0 Å². The SMILES string of the molecule is CCNC(=O)c1ccnc(NCC(CO)Cc2ccco2)c1. The first-order chi connectivity index (χ1) is 10.7. The molecule has 1 atom stereocenters. The molecule has 6 heteroatoms. The Morgan fingerprint density at radius 3 is 3.00 bits per heavy atom. The number of rotatable bonds is 8. The summed E-state index contributed by atoms with van der Waals surface area (Å²) in [5.41, 5.74) is 0.561.